The van der Waals surface area contributed by atoms with Crippen LogP contribution in [0.4, 0.5) is 0 Å². The van der Waals surface area contributed by atoms with E-state index in [9.17, 15) is 9.59 Å². The fourth-order valence-corrected chi connectivity index (χ4v) is 2.38. The molecule has 0 aromatic heterocycles. The minimum atomic E-state index is -0.888. The number of carboxylic acid groups (broad SMARTS) is 1. The summed E-state index contributed by atoms with van der Waals surface area (Å²) < 4.78 is 0. The van der Waals surface area contributed by atoms with Crippen molar-refractivity contribution in [1.29, 1.82) is 0 Å². The van der Waals surface area contributed by atoms with Gasteiger partial charge in [0.05, 0.1) is 5.56 Å². The van der Waals surface area contributed by atoms with Crippen LogP contribution < -0.4 is 5.32 Å². The summed E-state index contributed by atoms with van der Waals surface area (Å²) in [4.78, 5) is 23.9. The van der Waals surface area contributed by atoms with Crippen LogP contribution >= 0.6 is 11.8 Å². The molecule has 2 atom stereocenters. The number of hydrogen-bond donors (Lipinski definition) is 2. The number of benzene rings is 1. The van der Waals surface area contributed by atoms with Crippen molar-refractivity contribution in [3.63, 3.8) is 0 Å². The lowest BCUT2D eigenvalue weighted by atomic mass is 10.1. The van der Waals surface area contributed by atoms with Gasteiger partial charge >= 0.3 is 5.97 Å². The largest absolute Gasteiger partial charge is 0.480 e. The molecule has 0 bridgehead atoms. The third-order valence-electron chi connectivity index (χ3n) is 3.14. The number of nitrogens with one attached hydrogen (secondary N) is 1. The Morgan fingerprint density at radius 2 is 1.75 bits per heavy atom. The summed E-state index contributed by atoms with van der Waals surface area (Å²) in [5.74, 6) is -0.704. The second kappa shape index (κ2) is 7.33. The van der Waals surface area contributed by atoms with E-state index in [1.165, 1.54) is 11.8 Å². The Labute approximate surface area is 124 Å². The highest BCUT2D eigenvalue weighted by molar-refractivity contribution is 8.00. The zero-order valence-electron chi connectivity index (χ0n) is 12.2. The topological polar surface area (TPSA) is 66.4 Å². The van der Waals surface area contributed by atoms with Crippen LogP contribution in [0.3, 0.4) is 0 Å². The molecule has 0 saturated carbocycles. The van der Waals surface area contributed by atoms with Gasteiger partial charge in [0.2, 0.25) is 0 Å². The fourth-order valence-electron chi connectivity index (χ4n) is 1.45. The lowest BCUT2D eigenvalue weighted by molar-refractivity contribution is -0.136. The molecule has 0 spiro atoms. The van der Waals surface area contributed by atoms with Crippen molar-refractivity contribution in [3.05, 3.63) is 29.8 Å². The van der Waals surface area contributed by atoms with E-state index in [1.807, 2.05) is 20.8 Å². The predicted octanol–water partition coefficient (Wildman–Crippen LogP) is 3.03. The lowest BCUT2D eigenvalue weighted by Gasteiger charge is -2.18. The maximum atomic E-state index is 12.3. The third-order valence-corrected chi connectivity index (χ3v) is 4.31. The monoisotopic (exact) mass is 295 g/mol. The highest BCUT2D eigenvalue weighted by atomic mass is 32.2. The Hall–Kier alpha value is -1.49. The third kappa shape index (κ3) is 4.56. The van der Waals surface area contributed by atoms with Gasteiger partial charge in [0, 0.05) is 10.9 Å². The highest BCUT2D eigenvalue weighted by Crippen LogP contribution is 2.27. The molecular weight excluding hydrogens is 274 g/mol. The number of carbonyl (C=O) groups is 2. The average Bonchev–Trinajstić information content (AvgIpc) is 2.38. The van der Waals surface area contributed by atoms with Crippen LogP contribution in [0.1, 0.15) is 38.1 Å². The van der Waals surface area contributed by atoms with Gasteiger partial charge in [-0.3, -0.25) is 9.59 Å². The molecule has 0 heterocycles. The Kier molecular flexibility index (Phi) is 6.07. The Bertz CT molecular complexity index is 488. The van der Waals surface area contributed by atoms with Gasteiger partial charge in [-0.15, -0.1) is 11.8 Å². The van der Waals surface area contributed by atoms with E-state index >= 15 is 0 Å². The van der Waals surface area contributed by atoms with Gasteiger partial charge in [-0.2, -0.15) is 0 Å². The first-order valence-corrected chi connectivity index (χ1v) is 7.50. The highest BCUT2D eigenvalue weighted by Gasteiger charge is 2.19. The van der Waals surface area contributed by atoms with Gasteiger partial charge in [0.25, 0.3) is 5.91 Å². The van der Waals surface area contributed by atoms with E-state index in [1.54, 1.807) is 31.2 Å². The van der Waals surface area contributed by atoms with Gasteiger partial charge in [0.15, 0.2) is 0 Å². The molecule has 0 aliphatic rings. The standard InChI is InChI=1S/C15H21NO3S/c1-9(2)10(3)16-14(17)12-7-5-6-8-13(12)20-11(4)15(18)19/h5-11H,1-4H3,(H,16,17)(H,18,19). The fraction of sp³-hybridized carbons (Fsp3) is 0.467. The second-order valence-corrected chi connectivity index (χ2v) is 6.48. The van der Waals surface area contributed by atoms with Crippen molar-refractivity contribution in [3.8, 4) is 0 Å². The van der Waals surface area contributed by atoms with Crippen molar-refractivity contribution in [2.75, 3.05) is 0 Å². The Morgan fingerprint density at radius 1 is 1.15 bits per heavy atom. The normalized spacial score (nSPS) is 13.8. The van der Waals surface area contributed by atoms with Crippen LogP contribution in [0.2, 0.25) is 0 Å². The van der Waals surface area contributed by atoms with Crippen LogP contribution in [0, 0.1) is 5.92 Å². The van der Waals surface area contributed by atoms with E-state index in [4.69, 9.17) is 5.11 Å². The molecular formula is C15H21NO3S. The number of rotatable bonds is 6. The first-order valence-electron chi connectivity index (χ1n) is 6.62. The minimum absolute atomic E-state index is 0.0671. The molecule has 20 heavy (non-hydrogen) atoms. The van der Waals surface area contributed by atoms with E-state index in [0.717, 1.165) is 0 Å². The van der Waals surface area contributed by atoms with Crippen molar-refractivity contribution in [2.24, 2.45) is 5.92 Å². The smallest absolute Gasteiger partial charge is 0.316 e. The van der Waals surface area contributed by atoms with Gasteiger partial charge in [-0.1, -0.05) is 26.0 Å². The molecule has 0 aliphatic heterocycles. The zero-order valence-corrected chi connectivity index (χ0v) is 13.0. The number of aliphatic carboxylic acids is 1. The van der Waals surface area contributed by atoms with E-state index < -0.39 is 11.2 Å². The van der Waals surface area contributed by atoms with Crippen molar-refractivity contribution >= 4 is 23.6 Å². The summed E-state index contributed by atoms with van der Waals surface area (Å²) in [5.41, 5.74) is 0.526. The summed E-state index contributed by atoms with van der Waals surface area (Å²) in [6, 6.07) is 7.15. The molecule has 0 fully saturated rings. The maximum Gasteiger partial charge on any atom is 0.316 e. The summed E-state index contributed by atoms with van der Waals surface area (Å²) in [5, 5.41) is 11.3. The van der Waals surface area contributed by atoms with Crippen LogP contribution in [-0.4, -0.2) is 28.3 Å². The van der Waals surface area contributed by atoms with Crippen LogP contribution in [-0.2, 0) is 4.79 Å². The number of carboxylic acids is 1. The van der Waals surface area contributed by atoms with Crippen molar-refractivity contribution in [1.82, 2.24) is 5.32 Å². The van der Waals surface area contributed by atoms with Crippen LogP contribution in [0.5, 0.6) is 0 Å². The zero-order chi connectivity index (χ0) is 15.3. The molecule has 1 rings (SSSR count). The number of carbonyl (C=O) groups excluding carboxylic acids is 1. The lowest BCUT2D eigenvalue weighted by Crippen LogP contribution is -2.36. The van der Waals surface area contributed by atoms with E-state index in [2.05, 4.69) is 5.32 Å². The Balaban J connectivity index is 2.89. The van der Waals surface area contributed by atoms with Gasteiger partial charge < -0.3 is 10.4 Å². The number of hydrogen-bond acceptors (Lipinski definition) is 3. The summed E-state index contributed by atoms with van der Waals surface area (Å²) in [7, 11) is 0. The maximum absolute atomic E-state index is 12.3. The molecule has 0 aliphatic carbocycles. The van der Waals surface area contributed by atoms with Crippen molar-refractivity contribution < 1.29 is 14.7 Å². The molecule has 1 aromatic carbocycles. The quantitative estimate of drug-likeness (QED) is 0.792. The average molecular weight is 295 g/mol. The SMILES string of the molecule is CC(Sc1ccccc1C(=O)NC(C)C(C)C)C(=O)O. The number of amides is 1. The van der Waals surface area contributed by atoms with Gasteiger partial charge in [-0.05, 0) is 31.9 Å². The molecule has 110 valence electrons. The predicted molar refractivity (Wildman–Crippen MR) is 81.2 cm³/mol. The summed E-state index contributed by atoms with van der Waals surface area (Å²) >= 11 is 1.18. The summed E-state index contributed by atoms with van der Waals surface area (Å²) in [6.45, 7) is 7.65. The first kappa shape index (κ1) is 16.6. The Morgan fingerprint density at radius 3 is 2.30 bits per heavy atom. The molecule has 5 heteroatoms. The molecule has 1 amide bonds. The molecule has 4 nitrogen and oxygen atoms in total. The van der Waals surface area contributed by atoms with Crippen molar-refractivity contribution in [2.45, 2.75) is 43.9 Å². The minimum Gasteiger partial charge on any atom is -0.480 e. The second-order valence-electron chi connectivity index (χ2n) is 5.10. The van der Waals surface area contributed by atoms with E-state index in [-0.39, 0.29) is 11.9 Å². The van der Waals surface area contributed by atoms with Gasteiger partial charge in [0.1, 0.15) is 5.25 Å². The molecule has 1 aromatic rings. The van der Waals surface area contributed by atoms with Gasteiger partial charge in [-0.25, -0.2) is 0 Å². The molecule has 2 unspecified atom stereocenters. The number of thioether (sulfide) groups is 1. The molecule has 0 radical (unpaired) electrons. The van der Waals surface area contributed by atoms with Crippen LogP contribution in [0.15, 0.2) is 29.2 Å². The first-order chi connectivity index (χ1) is 9.32. The summed E-state index contributed by atoms with van der Waals surface area (Å²) in [6.07, 6.45) is 0. The van der Waals surface area contributed by atoms with E-state index in [0.29, 0.717) is 16.4 Å². The molecule has 0 saturated heterocycles. The van der Waals surface area contributed by atoms with Crippen LogP contribution in [0.25, 0.3) is 0 Å². The molecule has 2 N–H and O–H groups in total.